The van der Waals surface area contributed by atoms with Gasteiger partial charge < -0.3 is 4.90 Å². The first-order valence-corrected chi connectivity index (χ1v) is 6.76. The minimum absolute atomic E-state index is 0.0241. The second-order valence-corrected chi connectivity index (χ2v) is 4.86. The molecule has 0 unspecified atom stereocenters. The molecule has 0 N–H and O–H groups in total. The Balaban J connectivity index is 1.79. The Labute approximate surface area is 115 Å². The van der Waals surface area contributed by atoms with Crippen LogP contribution in [0.25, 0.3) is 0 Å². The summed E-state index contributed by atoms with van der Waals surface area (Å²) in [4.78, 5) is 16.1. The number of likely N-dealkylation sites (tertiary alicyclic amines) is 1. The highest BCUT2D eigenvalue weighted by Crippen LogP contribution is 2.05. The molecule has 1 saturated heterocycles. The van der Waals surface area contributed by atoms with Gasteiger partial charge in [-0.3, -0.25) is 9.69 Å². The molecule has 0 saturated carbocycles. The first-order valence-electron chi connectivity index (χ1n) is 6.76. The van der Waals surface area contributed by atoms with Crippen molar-refractivity contribution in [3.8, 4) is 11.8 Å². The maximum absolute atomic E-state index is 12.0. The third-order valence-electron chi connectivity index (χ3n) is 3.31. The number of carbonyl (C=O) groups is 1. The van der Waals surface area contributed by atoms with Crippen molar-refractivity contribution in [2.24, 2.45) is 0 Å². The molecule has 1 heterocycles. The molecule has 1 aromatic rings. The van der Waals surface area contributed by atoms with Crippen LogP contribution in [0.4, 0.5) is 0 Å². The van der Waals surface area contributed by atoms with Crippen molar-refractivity contribution in [1.29, 1.82) is 0 Å². The average Bonchev–Trinajstić information content (AvgIpc) is 2.96. The predicted molar refractivity (Wildman–Crippen MR) is 76.9 cm³/mol. The van der Waals surface area contributed by atoms with E-state index in [0.717, 1.165) is 19.6 Å². The van der Waals surface area contributed by atoms with E-state index in [1.54, 1.807) is 11.9 Å². The van der Waals surface area contributed by atoms with Crippen molar-refractivity contribution in [2.45, 2.75) is 12.8 Å². The zero-order chi connectivity index (χ0) is 13.5. The molecule has 3 nitrogen and oxygen atoms in total. The minimum Gasteiger partial charge on any atom is -0.331 e. The summed E-state index contributed by atoms with van der Waals surface area (Å²) in [6.07, 6.45) is 2.57. The Morgan fingerprint density at radius 3 is 2.58 bits per heavy atom. The second kappa shape index (κ2) is 6.96. The molecule has 1 aliphatic rings. The van der Waals surface area contributed by atoms with Crippen molar-refractivity contribution in [3.05, 3.63) is 35.9 Å². The fourth-order valence-electron chi connectivity index (χ4n) is 2.16. The first kappa shape index (κ1) is 13.6. The van der Waals surface area contributed by atoms with Crippen LogP contribution in [0.1, 0.15) is 23.2 Å². The van der Waals surface area contributed by atoms with Gasteiger partial charge in [-0.1, -0.05) is 30.0 Å². The summed E-state index contributed by atoms with van der Waals surface area (Å²) >= 11 is 0. The SMILES string of the molecule is CN(CC#CCN1CCCC1)C(=O)c1ccccc1. The topological polar surface area (TPSA) is 23.6 Å². The highest BCUT2D eigenvalue weighted by molar-refractivity contribution is 5.94. The van der Waals surface area contributed by atoms with E-state index in [2.05, 4.69) is 16.7 Å². The van der Waals surface area contributed by atoms with Gasteiger partial charge in [-0.2, -0.15) is 0 Å². The zero-order valence-electron chi connectivity index (χ0n) is 11.4. The van der Waals surface area contributed by atoms with E-state index >= 15 is 0 Å². The fourth-order valence-corrected chi connectivity index (χ4v) is 2.16. The first-order chi connectivity index (χ1) is 9.27. The number of hydrogen-bond acceptors (Lipinski definition) is 2. The van der Waals surface area contributed by atoms with Crippen molar-refractivity contribution in [2.75, 3.05) is 33.2 Å². The number of carbonyl (C=O) groups excluding carboxylic acids is 1. The number of nitrogens with zero attached hydrogens (tertiary/aromatic N) is 2. The van der Waals surface area contributed by atoms with Gasteiger partial charge in [-0.05, 0) is 38.1 Å². The molecule has 0 aliphatic carbocycles. The summed E-state index contributed by atoms with van der Waals surface area (Å²) in [6, 6.07) is 9.32. The molecule has 0 radical (unpaired) electrons. The molecule has 2 rings (SSSR count). The monoisotopic (exact) mass is 256 g/mol. The lowest BCUT2D eigenvalue weighted by molar-refractivity contribution is 0.0812. The quantitative estimate of drug-likeness (QED) is 0.771. The molecule has 0 aromatic heterocycles. The van der Waals surface area contributed by atoms with Gasteiger partial charge in [0.1, 0.15) is 0 Å². The third kappa shape index (κ3) is 4.11. The largest absolute Gasteiger partial charge is 0.331 e. The molecule has 3 heteroatoms. The van der Waals surface area contributed by atoms with E-state index in [9.17, 15) is 4.79 Å². The Bertz CT molecular complexity index is 467. The number of rotatable bonds is 3. The Morgan fingerprint density at radius 2 is 1.89 bits per heavy atom. The van der Waals surface area contributed by atoms with Crippen LogP contribution in [0.5, 0.6) is 0 Å². The van der Waals surface area contributed by atoms with Gasteiger partial charge in [-0.25, -0.2) is 0 Å². The zero-order valence-corrected chi connectivity index (χ0v) is 11.4. The molecule has 0 spiro atoms. The van der Waals surface area contributed by atoms with Crippen molar-refractivity contribution < 1.29 is 4.79 Å². The van der Waals surface area contributed by atoms with Crippen LogP contribution >= 0.6 is 0 Å². The molecule has 100 valence electrons. The molecule has 0 bridgehead atoms. The van der Waals surface area contributed by atoms with Crippen molar-refractivity contribution in [3.63, 3.8) is 0 Å². The van der Waals surface area contributed by atoms with Crippen LogP contribution in [0, 0.1) is 11.8 Å². The van der Waals surface area contributed by atoms with Gasteiger partial charge in [0.05, 0.1) is 13.1 Å². The summed E-state index contributed by atoms with van der Waals surface area (Å²) in [7, 11) is 1.79. The lowest BCUT2D eigenvalue weighted by Crippen LogP contribution is -2.27. The molecule has 1 aliphatic heterocycles. The standard InChI is InChI=1S/C16H20N2O/c1-17(16(19)15-9-3-2-4-10-15)11-5-6-12-18-13-7-8-14-18/h2-4,9-10H,7-8,11-14H2,1H3. The number of amides is 1. The van der Waals surface area contributed by atoms with Gasteiger partial charge in [0.2, 0.25) is 0 Å². The van der Waals surface area contributed by atoms with Gasteiger partial charge in [0, 0.05) is 12.6 Å². The normalized spacial score (nSPS) is 14.8. The molecule has 1 aromatic carbocycles. The second-order valence-electron chi connectivity index (χ2n) is 4.86. The highest BCUT2D eigenvalue weighted by atomic mass is 16.2. The van der Waals surface area contributed by atoms with Crippen molar-refractivity contribution in [1.82, 2.24) is 9.80 Å². The maximum Gasteiger partial charge on any atom is 0.254 e. The van der Waals surface area contributed by atoms with E-state index < -0.39 is 0 Å². The average molecular weight is 256 g/mol. The molecular formula is C16H20N2O. The van der Waals surface area contributed by atoms with Crippen LogP contribution < -0.4 is 0 Å². The lowest BCUT2D eigenvalue weighted by Gasteiger charge is -2.14. The van der Waals surface area contributed by atoms with E-state index in [1.165, 1.54) is 12.8 Å². The number of benzene rings is 1. The lowest BCUT2D eigenvalue weighted by atomic mass is 10.2. The van der Waals surface area contributed by atoms with E-state index in [4.69, 9.17) is 0 Å². The fraction of sp³-hybridized carbons (Fsp3) is 0.438. The minimum atomic E-state index is 0.0241. The van der Waals surface area contributed by atoms with Crippen LogP contribution in [-0.2, 0) is 0 Å². The van der Waals surface area contributed by atoms with Gasteiger partial charge in [0.15, 0.2) is 0 Å². The maximum atomic E-state index is 12.0. The van der Waals surface area contributed by atoms with Gasteiger partial charge in [-0.15, -0.1) is 0 Å². The third-order valence-corrected chi connectivity index (χ3v) is 3.31. The highest BCUT2D eigenvalue weighted by Gasteiger charge is 2.10. The summed E-state index contributed by atoms with van der Waals surface area (Å²) in [6.45, 7) is 3.63. The summed E-state index contributed by atoms with van der Waals surface area (Å²) in [5, 5.41) is 0. The summed E-state index contributed by atoms with van der Waals surface area (Å²) in [5.74, 6) is 6.25. The predicted octanol–water partition coefficient (Wildman–Crippen LogP) is 1.86. The molecule has 1 fully saturated rings. The number of hydrogen-bond donors (Lipinski definition) is 0. The molecular weight excluding hydrogens is 236 g/mol. The van der Waals surface area contributed by atoms with Crippen LogP contribution in [0.2, 0.25) is 0 Å². The van der Waals surface area contributed by atoms with E-state index in [0.29, 0.717) is 12.1 Å². The smallest absolute Gasteiger partial charge is 0.254 e. The Morgan fingerprint density at radius 1 is 1.21 bits per heavy atom. The van der Waals surface area contributed by atoms with Crippen LogP contribution in [-0.4, -0.2) is 48.9 Å². The van der Waals surface area contributed by atoms with Gasteiger partial charge in [0.25, 0.3) is 5.91 Å². The molecule has 19 heavy (non-hydrogen) atoms. The van der Waals surface area contributed by atoms with E-state index in [1.807, 2.05) is 30.3 Å². The van der Waals surface area contributed by atoms with Crippen LogP contribution in [0.15, 0.2) is 30.3 Å². The summed E-state index contributed by atoms with van der Waals surface area (Å²) in [5.41, 5.74) is 0.714. The van der Waals surface area contributed by atoms with Crippen molar-refractivity contribution >= 4 is 5.91 Å². The molecule has 1 amide bonds. The van der Waals surface area contributed by atoms with E-state index in [-0.39, 0.29) is 5.91 Å². The van der Waals surface area contributed by atoms with Gasteiger partial charge >= 0.3 is 0 Å². The molecule has 0 atom stereocenters. The van der Waals surface area contributed by atoms with Crippen LogP contribution in [0.3, 0.4) is 0 Å². The summed E-state index contributed by atoms with van der Waals surface area (Å²) < 4.78 is 0. The Hall–Kier alpha value is -1.79. The Kier molecular flexibility index (Phi) is 5.00.